The minimum atomic E-state index is 0.00712. The molecule has 4 heteroatoms. The van der Waals surface area contributed by atoms with Gasteiger partial charge in [-0.15, -0.1) is 0 Å². The fourth-order valence-corrected chi connectivity index (χ4v) is 2.31. The van der Waals surface area contributed by atoms with Crippen molar-refractivity contribution >= 4 is 17.7 Å². The first-order chi connectivity index (χ1) is 9.27. The summed E-state index contributed by atoms with van der Waals surface area (Å²) in [5.74, 6) is 1.24. The molecule has 0 aliphatic heterocycles. The Bertz CT molecular complexity index is 365. The van der Waals surface area contributed by atoms with Crippen LogP contribution in [0.4, 0.5) is 0 Å². The molecule has 0 atom stereocenters. The lowest BCUT2D eigenvalue weighted by Crippen LogP contribution is -2.24. The van der Waals surface area contributed by atoms with Crippen LogP contribution >= 0.6 is 11.8 Å². The van der Waals surface area contributed by atoms with Gasteiger partial charge in [0.2, 0.25) is 0 Å². The van der Waals surface area contributed by atoms with Crippen molar-refractivity contribution in [2.75, 3.05) is 18.6 Å². The third kappa shape index (κ3) is 6.64. The molecule has 19 heavy (non-hydrogen) atoms. The van der Waals surface area contributed by atoms with E-state index in [-0.39, 0.29) is 5.91 Å². The molecule has 3 N–H and O–H groups in total. The molecular formula is C15H24N2OS. The van der Waals surface area contributed by atoms with Crippen LogP contribution in [0.5, 0.6) is 0 Å². The number of nitrogens with two attached hydrogens (primary N) is 1. The molecule has 1 rings (SSSR count). The first kappa shape index (κ1) is 16.1. The largest absolute Gasteiger partial charge is 0.352 e. The van der Waals surface area contributed by atoms with Gasteiger partial charge in [0.1, 0.15) is 0 Å². The van der Waals surface area contributed by atoms with Gasteiger partial charge in [-0.1, -0.05) is 25.0 Å². The van der Waals surface area contributed by atoms with E-state index in [4.69, 9.17) is 5.73 Å². The van der Waals surface area contributed by atoms with E-state index in [0.717, 1.165) is 18.5 Å². The number of unbranched alkanes of at least 4 members (excludes halogenated alkanes) is 3. The summed E-state index contributed by atoms with van der Waals surface area (Å²) in [5.41, 5.74) is 7.28. The van der Waals surface area contributed by atoms with Gasteiger partial charge in [-0.25, -0.2) is 0 Å². The van der Waals surface area contributed by atoms with E-state index < -0.39 is 0 Å². The molecule has 0 aliphatic rings. The third-order valence-electron chi connectivity index (χ3n) is 3.01. The van der Waals surface area contributed by atoms with E-state index in [1.165, 1.54) is 25.0 Å². The summed E-state index contributed by atoms with van der Waals surface area (Å²) in [6.45, 7) is 1.27. The fraction of sp³-hybridized carbons (Fsp3) is 0.533. The Morgan fingerprint density at radius 2 is 1.84 bits per heavy atom. The molecule has 0 aromatic heterocycles. The number of rotatable bonds is 9. The van der Waals surface area contributed by atoms with Gasteiger partial charge in [0.25, 0.3) is 5.91 Å². The minimum Gasteiger partial charge on any atom is -0.352 e. The maximum atomic E-state index is 11.8. The van der Waals surface area contributed by atoms with Crippen LogP contribution in [0.15, 0.2) is 24.3 Å². The highest BCUT2D eigenvalue weighted by atomic mass is 32.2. The molecule has 0 aliphatic carbocycles. The molecule has 0 heterocycles. The van der Waals surface area contributed by atoms with E-state index in [2.05, 4.69) is 11.6 Å². The molecule has 106 valence electrons. The number of hydrogen-bond acceptors (Lipinski definition) is 3. The van der Waals surface area contributed by atoms with Crippen molar-refractivity contribution in [3.05, 3.63) is 35.4 Å². The van der Waals surface area contributed by atoms with Gasteiger partial charge < -0.3 is 11.1 Å². The van der Waals surface area contributed by atoms with E-state index in [1.807, 2.05) is 36.0 Å². The monoisotopic (exact) mass is 280 g/mol. The lowest BCUT2D eigenvalue weighted by molar-refractivity contribution is 0.0953. The van der Waals surface area contributed by atoms with E-state index in [0.29, 0.717) is 12.1 Å². The number of thioether (sulfide) groups is 1. The lowest BCUT2D eigenvalue weighted by atomic mass is 10.1. The van der Waals surface area contributed by atoms with Crippen LogP contribution in [0.1, 0.15) is 41.6 Å². The van der Waals surface area contributed by atoms with Crippen molar-refractivity contribution < 1.29 is 4.79 Å². The number of hydrogen-bond donors (Lipinski definition) is 2. The third-order valence-corrected chi connectivity index (χ3v) is 3.71. The first-order valence-corrected chi connectivity index (χ1v) is 8.23. The maximum Gasteiger partial charge on any atom is 0.251 e. The molecule has 1 aromatic carbocycles. The topological polar surface area (TPSA) is 55.1 Å². The summed E-state index contributed by atoms with van der Waals surface area (Å²) < 4.78 is 0. The van der Waals surface area contributed by atoms with Gasteiger partial charge in [-0.05, 0) is 42.5 Å². The van der Waals surface area contributed by atoms with Crippen LogP contribution in [-0.4, -0.2) is 24.5 Å². The normalized spacial score (nSPS) is 10.4. The predicted octanol–water partition coefficient (Wildman–Crippen LogP) is 2.80. The Kier molecular flexibility index (Phi) is 8.34. The van der Waals surface area contributed by atoms with Crippen molar-refractivity contribution in [1.82, 2.24) is 5.32 Å². The number of carbonyl (C=O) groups excluding carboxylic acids is 1. The van der Waals surface area contributed by atoms with E-state index in [9.17, 15) is 4.79 Å². The molecule has 1 amide bonds. The van der Waals surface area contributed by atoms with Crippen molar-refractivity contribution in [3.8, 4) is 0 Å². The van der Waals surface area contributed by atoms with Gasteiger partial charge in [0.15, 0.2) is 0 Å². The molecule has 1 aromatic rings. The molecule has 0 saturated carbocycles. The van der Waals surface area contributed by atoms with Crippen molar-refractivity contribution in [1.29, 1.82) is 0 Å². The van der Waals surface area contributed by atoms with Gasteiger partial charge >= 0.3 is 0 Å². The van der Waals surface area contributed by atoms with Crippen LogP contribution in [-0.2, 0) is 6.54 Å². The lowest BCUT2D eigenvalue weighted by Gasteiger charge is -2.06. The zero-order valence-electron chi connectivity index (χ0n) is 11.7. The van der Waals surface area contributed by atoms with E-state index in [1.54, 1.807) is 0 Å². The smallest absolute Gasteiger partial charge is 0.251 e. The summed E-state index contributed by atoms with van der Waals surface area (Å²) in [6.07, 6.45) is 6.90. The average molecular weight is 280 g/mol. The van der Waals surface area contributed by atoms with Gasteiger partial charge in [0.05, 0.1) is 0 Å². The fourth-order valence-electron chi connectivity index (χ4n) is 1.82. The molecule has 0 bridgehead atoms. The molecule has 0 radical (unpaired) electrons. The summed E-state index contributed by atoms with van der Waals surface area (Å²) in [4.78, 5) is 11.8. The highest BCUT2D eigenvalue weighted by molar-refractivity contribution is 7.98. The SMILES string of the molecule is CSCCCCCCNC(=O)c1ccc(CN)cc1. The van der Waals surface area contributed by atoms with E-state index >= 15 is 0 Å². The van der Waals surface area contributed by atoms with Crippen LogP contribution in [0.25, 0.3) is 0 Å². The van der Waals surface area contributed by atoms with Crippen LogP contribution < -0.4 is 11.1 Å². The summed E-state index contributed by atoms with van der Waals surface area (Å²) in [7, 11) is 0. The second-order valence-electron chi connectivity index (χ2n) is 4.56. The zero-order chi connectivity index (χ0) is 13.9. The summed E-state index contributed by atoms with van der Waals surface area (Å²) >= 11 is 1.89. The Balaban J connectivity index is 2.16. The quantitative estimate of drug-likeness (QED) is 0.684. The molecule has 0 unspecified atom stereocenters. The minimum absolute atomic E-state index is 0.00712. The molecule has 3 nitrogen and oxygen atoms in total. The molecule has 0 spiro atoms. The van der Waals surface area contributed by atoms with Crippen LogP contribution in [0.3, 0.4) is 0 Å². The van der Waals surface area contributed by atoms with Crippen molar-refractivity contribution in [2.45, 2.75) is 32.2 Å². The van der Waals surface area contributed by atoms with Gasteiger partial charge in [0, 0.05) is 18.7 Å². The zero-order valence-corrected chi connectivity index (χ0v) is 12.5. The number of carbonyl (C=O) groups is 1. The first-order valence-electron chi connectivity index (χ1n) is 6.84. The number of benzene rings is 1. The number of amides is 1. The van der Waals surface area contributed by atoms with Crippen LogP contribution in [0.2, 0.25) is 0 Å². The predicted molar refractivity (Wildman–Crippen MR) is 83.5 cm³/mol. The Morgan fingerprint density at radius 3 is 2.47 bits per heavy atom. The van der Waals surface area contributed by atoms with Gasteiger partial charge in [-0.2, -0.15) is 11.8 Å². The Hall–Kier alpha value is -1.00. The van der Waals surface area contributed by atoms with Crippen molar-refractivity contribution in [2.24, 2.45) is 5.73 Å². The Morgan fingerprint density at radius 1 is 1.16 bits per heavy atom. The van der Waals surface area contributed by atoms with Crippen LogP contribution in [0, 0.1) is 0 Å². The second kappa shape index (κ2) is 9.87. The second-order valence-corrected chi connectivity index (χ2v) is 5.55. The Labute approximate surface area is 120 Å². The number of nitrogens with one attached hydrogen (secondary N) is 1. The highest BCUT2D eigenvalue weighted by Crippen LogP contribution is 2.05. The van der Waals surface area contributed by atoms with Crippen molar-refractivity contribution in [3.63, 3.8) is 0 Å². The molecular weight excluding hydrogens is 256 g/mol. The summed E-state index contributed by atoms with van der Waals surface area (Å²) in [5, 5.41) is 2.95. The summed E-state index contributed by atoms with van der Waals surface area (Å²) in [6, 6.07) is 7.46. The maximum absolute atomic E-state index is 11.8. The average Bonchev–Trinajstić information content (AvgIpc) is 2.46. The van der Waals surface area contributed by atoms with Gasteiger partial charge in [-0.3, -0.25) is 4.79 Å². The molecule has 0 saturated heterocycles. The standard InChI is InChI=1S/C15H24N2OS/c1-19-11-5-3-2-4-10-17-15(18)14-8-6-13(12-16)7-9-14/h6-9H,2-5,10-12,16H2,1H3,(H,17,18). The molecule has 0 fully saturated rings. The highest BCUT2D eigenvalue weighted by Gasteiger charge is 2.03.